The Balaban J connectivity index is 1.34. The van der Waals surface area contributed by atoms with E-state index in [1.165, 1.54) is 16.3 Å². The number of benzene rings is 3. The molecular formula is C23H22N4O3. The van der Waals surface area contributed by atoms with Gasteiger partial charge >= 0.3 is 0 Å². The molecule has 1 saturated heterocycles. The smallest absolute Gasteiger partial charge is 0.245 e. The monoisotopic (exact) mass is 402 g/mol. The number of methoxy groups -OCH3 is 2. The van der Waals surface area contributed by atoms with Crippen LogP contribution < -0.4 is 20.3 Å². The van der Waals surface area contributed by atoms with Crippen LogP contribution >= 0.6 is 0 Å². The predicted octanol–water partition coefficient (Wildman–Crippen LogP) is 4.19. The van der Waals surface area contributed by atoms with E-state index < -0.39 is 0 Å². The highest BCUT2D eigenvalue weighted by Crippen LogP contribution is 2.34. The third kappa shape index (κ3) is 3.38. The van der Waals surface area contributed by atoms with Crippen LogP contribution in [0.5, 0.6) is 11.5 Å². The van der Waals surface area contributed by atoms with Crippen LogP contribution in [0.3, 0.4) is 0 Å². The van der Waals surface area contributed by atoms with Crippen LogP contribution in [0.2, 0.25) is 0 Å². The average molecular weight is 402 g/mol. The van der Waals surface area contributed by atoms with Crippen molar-refractivity contribution in [1.82, 2.24) is 21.0 Å². The lowest BCUT2D eigenvalue weighted by atomic mass is 9.99. The lowest BCUT2D eigenvalue weighted by Crippen LogP contribution is -2.26. The van der Waals surface area contributed by atoms with E-state index in [9.17, 15) is 0 Å². The summed E-state index contributed by atoms with van der Waals surface area (Å²) in [5.74, 6) is 2.35. The van der Waals surface area contributed by atoms with Crippen molar-refractivity contribution in [3.8, 4) is 22.9 Å². The number of hydrogen-bond acceptors (Lipinski definition) is 7. The first-order chi connectivity index (χ1) is 14.7. The Bertz CT molecular complexity index is 1190. The molecule has 1 aliphatic rings. The minimum absolute atomic E-state index is 0.0668. The molecule has 0 radical (unpaired) electrons. The van der Waals surface area contributed by atoms with Crippen LogP contribution in [0.1, 0.15) is 30.0 Å². The minimum Gasteiger partial charge on any atom is -0.493 e. The molecule has 1 fully saturated rings. The molecule has 0 amide bonds. The van der Waals surface area contributed by atoms with E-state index in [4.69, 9.17) is 14.0 Å². The second-order valence-corrected chi connectivity index (χ2v) is 7.26. The largest absolute Gasteiger partial charge is 0.493 e. The molecule has 30 heavy (non-hydrogen) atoms. The lowest BCUT2D eigenvalue weighted by Gasteiger charge is -2.10. The van der Waals surface area contributed by atoms with Gasteiger partial charge in [0.2, 0.25) is 11.7 Å². The van der Waals surface area contributed by atoms with Gasteiger partial charge in [-0.15, -0.1) is 0 Å². The molecule has 152 valence electrons. The first-order valence-corrected chi connectivity index (χ1v) is 9.81. The number of nitrogens with zero attached hydrogens (tertiary/aromatic N) is 2. The van der Waals surface area contributed by atoms with Gasteiger partial charge in [0.15, 0.2) is 11.5 Å². The average Bonchev–Trinajstić information content (AvgIpc) is 3.48. The van der Waals surface area contributed by atoms with Gasteiger partial charge in [0.05, 0.1) is 14.2 Å². The van der Waals surface area contributed by atoms with Crippen molar-refractivity contribution in [3.05, 3.63) is 72.1 Å². The zero-order valence-electron chi connectivity index (χ0n) is 16.8. The fourth-order valence-corrected chi connectivity index (χ4v) is 3.83. The van der Waals surface area contributed by atoms with E-state index in [1.54, 1.807) is 14.2 Å². The fraction of sp³-hybridized carbons (Fsp3) is 0.217. The highest BCUT2D eigenvalue weighted by atomic mass is 16.5. The number of ether oxygens (including phenoxy) is 2. The number of rotatable bonds is 5. The maximum atomic E-state index is 5.55. The minimum atomic E-state index is -0.0668. The summed E-state index contributed by atoms with van der Waals surface area (Å²) >= 11 is 0. The van der Waals surface area contributed by atoms with Gasteiger partial charge in [-0.1, -0.05) is 41.6 Å². The second-order valence-electron chi connectivity index (χ2n) is 7.26. The predicted molar refractivity (Wildman–Crippen MR) is 113 cm³/mol. The van der Waals surface area contributed by atoms with Gasteiger partial charge in [-0.05, 0) is 47.0 Å². The molecular weight excluding hydrogens is 380 g/mol. The Morgan fingerprint density at radius 1 is 0.867 bits per heavy atom. The Hall–Kier alpha value is -3.42. The number of hydrogen-bond donors (Lipinski definition) is 2. The van der Waals surface area contributed by atoms with Crippen molar-refractivity contribution >= 4 is 10.8 Å². The molecule has 0 saturated carbocycles. The van der Waals surface area contributed by atoms with E-state index in [0.717, 1.165) is 12.0 Å². The SMILES string of the molecule is COc1ccc(-c2noc(C3CC(c4ccc5ccccc5c4)NN3)n2)cc1OC. The zero-order valence-corrected chi connectivity index (χ0v) is 16.8. The molecule has 0 bridgehead atoms. The maximum absolute atomic E-state index is 5.55. The topological polar surface area (TPSA) is 81.4 Å². The van der Waals surface area contributed by atoms with E-state index in [0.29, 0.717) is 23.2 Å². The molecule has 1 aliphatic heterocycles. The molecule has 0 aliphatic carbocycles. The van der Waals surface area contributed by atoms with Gasteiger partial charge in [-0.3, -0.25) is 0 Å². The highest BCUT2D eigenvalue weighted by molar-refractivity contribution is 5.83. The molecule has 2 N–H and O–H groups in total. The first-order valence-electron chi connectivity index (χ1n) is 9.81. The summed E-state index contributed by atoms with van der Waals surface area (Å²) in [7, 11) is 3.21. The van der Waals surface area contributed by atoms with Crippen LogP contribution in [-0.2, 0) is 0 Å². The van der Waals surface area contributed by atoms with E-state index in [2.05, 4.69) is 63.5 Å². The van der Waals surface area contributed by atoms with Crippen molar-refractivity contribution in [2.75, 3.05) is 14.2 Å². The molecule has 2 heterocycles. The molecule has 1 aromatic heterocycles. The summed E-state index contributed by atoms with van der Waals surface area (Å²) in [5.41, 5.74) is 8.67. The van der Waals surface area contributed by atoms with Crippen molar-refractivity contribution < 1.29 is 14.0 Å². The van der Waals surface area contributed by atoms with Crippen molar-refractivity contribution in [1.29, 1.82) is 0 Å². The number of fused-ring (bicyclic) bond motifs is 1. The van der Waals surface area contributed by atoms with Crippen LogP contribution in [0.4, 0.5) is 0 Å². The summed E-state index contributed by atoms with van der Waals surface area (Å²) in [6.45, 7) is 0. The molecule has 2 unspecified atom stereocenters. The number of aromatic nitrogens is 2. The molecule has 4 aromatic rings. The lowest BCUT2D eigenvalue weighted by molar-refractivity contribution is 0.340. The van der Waals surface area contributed by atoms with Crippen molar-refractivity contribution in [3.63, 3.8) is 0 Å². The first kappa shape index (κ1) is 18.6. The highest BCUT2D eigenvalue weighted by Gasteiger charge is 2.30. The molecule has 0 spiro atoms. The molecule has 2 atom stereocenters. The second kappa shape index (κ2) is 7.78. The third-order valence-corrected chi connectivity index (χ3v) is 5.46. The molecule has 7 nitrogen and oxygen atoms in total. The molecule has 7 heteroatoms. The maximum Gasteiger partial charge on any atom is 0.245 e. The Labute approximate surface area is 174 Å². The Kier molecular flexibility index (Phi) is 4.82. The summed E-state index contributed by atoms with van der Waals surface area (Å²) < 4.78 is 16.2. The van der Waals surface area contributed by atoms with Gasteiger partial charge in [-0.25, -0.2) is 10.9 Å². The van der Waals surface area contributed by atoms with Crippen LogP contribution in [0, 0.1) is 0 Å². The van der Waals surface area contributed by atoms with Crippen LogP contribution in [-0.4, -0.2) is 24.4 Å². The summed E-state index contributed by atoms with van der Waals surface area (Å²) in [6, 6.07) is 20.5. The Morgan fingerprint density at radius 3 is 2.50 bits per heavy atom. The van der Waals surface area contributed by atoms with Gasteiger partial charge in [0.1, 0.15) is 6.04 Å². The quantitative estimate of drug-likeness (QED) is 0.518. The van der Waals surface area contributed by atoms with Crippen LogP contribution in [0.15, 0.2) is 65.2 Å². The van der Waals surface area contributed by atoms with Gasteiger partial charge in [0.25, 0.3) is 0 Å². The summed E-state index contributed by atoms with van der Waals surface area (Å²) in [5, 5.41) is 6.62. The van der Waals surface area contributed by atoms with Gasteiger partial charge < -0.3 is 14.0 Å². The number of hydrazine groups is 1. The Morgan fingerprint density at radius 2 is 1.67 bits per heavy atom. The van der Waals surface area contributed by atoms with Gasteiger partial charge in [0, 0.05) is 11.6 Å². The fourth-order valence-electron chi connectivity index (χ4n) is 3.83. The zero-order chi connectivity index (χ0) is 20.5. The standard InChI is InChI=1S/C23H22N4O3/c1-28-20-10-9-17(12-21(20)29-2)22-24-23(30-27-22)19-13-18(25-26-19)16-8-7-14-5-3-4-6-15(14)11-16/h3-12,18-19,25-26H,13H2,1-2H3. The van der Waals surface area contributed by atoms with E-state index in [-0.39, 0.29) is 12.1 Å². The van der Waals surface area contributed by atoms with Crippen LogP contribution in [0.25, 0.3) is 22.2 Å². The van der Waals surface area contributed by atoms with E-state index in [1.807, 2.05) is 18.2 Å². The molecule has 3 aromatic carbocycles. The number of nitrogens with one attached hydrogen (secondary N) is 2. The summed E-state index contributed by atoms with van der Waals surface area (Å²) in [6.07, 6.45) is 0.811. The van der Waals surface area contributed by atoms with Crippen molar-refractivity contribution in [2.45, 2.75) is 18.5 Å². The van der Waals surface area contributed by atoms with Crippen molar-refractivity contribution in [2.24, 2.45) is 0 Å². The van der Waals surface area contributed by atoms with Gasteiger partial charge in [-0.2, -0.15) is 4.98 Å². The van der Waals surface area contributed by atoms with E-state index >= 15 is 0 Å². The third-order valence-electron chi connectivity index (χ3n) is 5.46. The molecule has 5 rings (SSSR count). The normalized spacial score (nSPS) is 18.6. The summed E-state index contributed by atoms with van der Waals surface area (Å²) in [4.78, 5) is 4.59.